The minimum atomic E-state index is -0.392. The molecule has 0 unspecified atom stereocenters. The molecule has 0 aliphatic carbocycles. The lowest BCUT2D eigenvalue weighted by Gasteiger charge is -2.08. The van der Waals surface area contributed by atoms with Crippen molar-refractivity contribution in [2.75, 3.05) is 24.7 Å². The molecule has 0 amide bonds. The number of carbonyl (C=O) groups excluding carboxylic acids is 1. The lowest BCUT2D eigenvalue weighted by Crippen LogP contribution is -2.16. The van der Waals surface area contributed by atoms with Gasteiger partial charge in [-0.2, -0.15) is 5.26 Å². The number of nitrogens with two attached hydrogens (primary N) is 1. The molecule has 0 atom stereocenters. The highest BCUT2D eigenvalue weighted by Crippen LogP contribution is 2.21. The predicted molar refractivity (Wildman–Crippen MR) is 56.1 cm³/mol. The van der Waals surface area contributed by atoms with Crippen molar-refractivity contribution < 1.29 is 9.53 Å². The van der Waals surface area contributed by atoms with Gasteiger partial charge in [0.2, 0.25) is 0 Å². The lowest BCUT2D eigenvalue weighted by atomic mass is 10.1. The topological polar surface area (TPSA) is 88.1 Å². The van der Waals surface area contributed by atoms with Crippen LogP contribution in [-0.2, 0) is 9.53 Å². The van der Waals surface area contributed by atoms with Gasteiger partial charge in [-0.25, -0.2) is 0 Å². The van der Waals surface area contributed by atoms with E-state index in [4.69, 9.17) is 11.0 Å². The summed E-state index contributed by atoms with van der Waals surface area (Å²) >= 11 is 0. The van der Waals surface area contributed by atoms with Crippen molar-refractivity contribution in [1.29, 1.82) is 5.26 Å². The number of rotatable bonds is 3. The first-order valence-electron chi connectivity index (χ1n) is 4.28. The summed E-state index contributed by atoms with van der Waals surface area (Å²) < 4.78 is 4.46. The molecule has 0 aliphatic rings. The zero-order chi connectivity index (χ0) is 11.3. The van der Waals surface area contributed by atoms with Gasteiger partial charge in [0.05, 0.1) is 24.0 Å². The summed E-state index contributed by atoms with van der Waals surface area (Å²) in [4.78, 5) is 10.9. The highest BCUT2D eigenvalue weighted by Gasteiger charge is 2.05. The second kappa shape index (κ2) is 4.86. The van der Waals surface area contributed by atoms with Gasteiger partial charge in [-0.05, 0) is 12.1 Å². The van der Waals surface area contributed by atoms with Crippen molar-refractivity contribution in [2.45, 2.75) is 0 Å². The van der Waals surface area contributed by atoms with Crippen LogP contribution in [0.2, 0.25) is 0 Å². The smallest absolute Gasteiger partial charge is 0.325 e. The number of benzene rings is 1. The van der Waals surface area contributed by atoms with Crippen molar-refractivity contribution in [2.24, 2.45) is 0 Å². The summed E-state index contributed by atoms with van der Waals surface area (Å²) in [7, 11) is 1.30. The number of nitrogens with zero attached hydrogens (tertiary/aromatic N) is 1. The first kappa shape index (κ1) is 10.9. The van der Waals surface area contributed by atoms with Crippen molar-refractivity contribution >= 4 is 17.3 Å². The van der Waals surface area contributed by atoms with E-state index in [2.05, 4.69) is 10.1 Å². The third-order valence-corrected chi connectivity index (χ3v) is 1.88. The highest BCUT2D eigenvalue weighted by atomic mass is 16.5. The fraction of sp³-hybridized carbons (Fsp3) is 0.200. The van der Waals surface area contributed by atoms with E-state index >= 15 is 0 Å². The number of nitrogen functional groups attached to an aromatic ring is 1. The Morgan fingerprint density at radius 2 is 2.40 bits per heavy atom. The molecule has 3 N–H and O–H groups in total. The van der Waals surface area contributed by atoms with Gasteiger partial charge in [-0.3, -0.25) is 4.79 Å². The van der Waals surface area contributed by atoms with Gasteiger partial charge < -0.3 is 15.8 Å². The van der Waals surface area contributed by atoms with Gasteiger partial charge in [-0.1, -0.05) is 6.07 Å². The van der Waals surface area contributed by atoms with Crippen molar-refractivity contribution in [3.63, 3.8) is 0 Å². The van der Waals surface area contributed by atoms with Crippen LogP contribution in [-0.4, -0.2) is 19.6 Å². The van der Waals surface area contributed by atoms with E-state index in [0.717, 1.165) is 0 Å². The van der Waals surface area contributed by atoms with Crippen LogP contribution in [0.5, 0.6) is 0 Å². The number of methoxy groups -OCH3 is 1. The fourth-order valence-electron chi connectivity index (χ4n) is 1.06. The molecule has 0 aliphatic heterocycles. The zero-order valence-corrected chi connectivity index (χ0v) is 8.28. The number of ether oxygens (including phenoxy) is 1. The van der Waals surface area contributed by atoms with Crippen LogP contribution >= 0.6 is 0 Å². The molecule has 0 heterocycles. The van der Waals surface area contributed by atoms with E-state index in [1.165, 1.54) is 7.11 Å². The minimum absolute atomic E-state index is 0.0234. The number of esters is 1. The summed E-state index contributed by atoms with van der Waals surface area (Å²) in [6.45, 7) is 0.0234. The van der Waals surface area contributed by atoms with Crippen molar-refractivity contribution in [1.82, 2.24) is 0 Å². The van der Waals surface area contributed by atoms with Crippen LogP contribution in [0, 0.1) is 11.3 Å². The number of hydrogen-bond acceptors (Lipinski definition) is 5. The molecule has 0 aromatic heterocycles. The molecule has 0 bridgehead atoms. The molecular weight excluding hydrogens is 194 g/mol. The maximum Gasteiger partial charge on any atom is 0.325 e. The van der Waals surface area contributed by atoms with Crippen LogP contribution in [0.15, 0.2) is 18.2 Å². The van der Waals surface area contributed by atoms with E-state index < -0.39 is 5.97 Å². The Balaban J connectivity index is 2.78. The average Bonchev–Trinajstić information content (AvgIpc) is 2.27. The number of nitrogens with one attached hydrogen (secondary N) is 1. The summed E-state index contributed by atoms with van der Waals surface area (Å²) in [5.74, 6) is -0.392. The summed E-state index contributed by atoms with van der Waals surface area (Å²) in [5.41, 5.74) is 6.96. The second-order valence-corrected chi connectivity index (χ2v) is 2.81. The Hall–Kier alpha value is -2.22. The van der Waals surface area contributed by atoms with E-state index in [0.29, 0.717) is 16.9 Å². The summed E-state index contributed by atoms with van der Waals surface area (Å²) in [6.07, 6.45) is 0. The molecule has 0 saturated carbocycles. The highest BCUT2D eigenvalue weighted by molar-refractivity contribution is 5.79. The van der Waals surface area contributed by atoms with E-state index in [1.807, 2.05) is 6.07 Å². The molecule has 5 heteroatoms. The van der Waals surface area contributed by atoms with Gasteiger partial charge in [-0.15, -0.1) is 0 Å². The maximum atomic E-state index is 10.9. The maximum absolute atomic E-state index is 10.9. The summed E-state index contributed by atoms with van der Waals surface area (Å²) in [6, 6.07) is 6.95. The summed E-state index contributed by atoms with van der Waals surface area (Å²) in [5, 5.41) is 11.5. The minimum Gasteiger partial charge on any atom is -0.468 e. The van der Waals surface area contributed by atoms with E-state index in [9.17, 15) is 4.79 Å². The molecule has 78 valence electrons. The van der Waals surface area contributed by atoms with Gasteiger partial charge in [0, 0.05) is 0 Å². The second-order valence-electron chi connectivity index (χ2n) is 2.81. The van der Waals surface area contributed by atoms with Crippen molar-refractivity contribution in [3.05, 3.63) is 23.8 Å². The molecule has 15 heavy (non-hydrogen) atoms. The number of para-hydroxylation sites is 1. The number of anilines is 2. The third-order valence-electron chi connectivity index (χ3n) is 1.88. The Kier molecular flexibility index (Phi) is 3.52. The number of carbonyl (C=O) groups is 1. The monoisotopic (exact) mass is 205 g/mol. The van der Waals surface area contributed by atoms with Crippen LogP contribution in [0.3, 0.4) is 0 Å². The largest absolute Gasteiger partial charge is 0.468 e. The molecule has 5 nitrogen and oxygen atoms in total. The fourth-order valence-corrected chi connectivity index (χ4v) is 1.06. The Bertz CT molecular complexity index is 410. The Morgan fingerprint density at radius 3 is 3.00 bits per heavy atom. The third kappa shape index (κ3) is 2.61. The van der Waals surface area contributed by atoms with Crippen molar-refractivity contribution in [3.8, 4) is 6.07 Å². The quantitative estimate of drug-likeness (QED) is 0.560. The molecule has 0 fully saturated rings. The molecule has 0 saturated heterocycles. The van der Waals surface area contributed by atoms with Crippen LogP contribution in [0.4, 0.5) is 11.4 Å². The lowest BCUT2D eigenvalue weighted by molar-refractivity contribution is -0.138. The molecule has 0 spiro atoms. The van der Waals surface area contributed by atoms with Crippen LogP contribution in [0.1, 0.15) is 5.56 Å². The Morgan fingerprint density at radius 1 is 1.67 bits per heavy atom. The van der Waals surface area contributed by atoms with Gasteiger partial charge in [0.1, 0.15) is 12.6 Å². The molecule has 1 rings (SSSR count). The first-order chi connectivity index (χ1) is 7.19. The molecule has 1 aromatic carbocycles. The van der Waals surface area contributed by atoms with Gasteiger partial charge in [0.25, 0.3) is 0 Å². The molecular formula is C10H11N3O2. The number of nitriles is 1. The zero-order valence-electron chi connectivity index (χ0n) is 8.28. The van der Waals surface area contributed by atoms with Gasteiger partial charge in [0.15, 0.2) is 0 Å². The molecule has 1 aromatic rings. The Labute approximate surface area is 87.4 Å². The van der Waals surface area contributed by atoms with E-state index in [-0.39, 0.29) is 6.54 Å². The average molecular weight is 205 g/mol. The SMILES string of the molecule is COC(=O)CNc1cccc(C#N)c1N. The first-order valence-corrected chi connectivity index (χ1v) is 4.28. The standard InChI is InChI=1S/C10H11N3O2/c1-15-9(14)6-13-8-4-2-3-7(5-11)10(8)12/h2-4,13H,6,12H2,1H3. The predicted octanol–water partition coefficient (Wildman–Crippen LogP) is 0.725. The van der Waals surface area contributed by atoms with Gasteiger partial charge >= 0.3 is 5.97 Å². The normalized spacial score (nSPS) is 9.07. The number of hydrogen-bond donors (Lipinski definition) is 2. The molecule has 0 radical (unpaired) electrons. The van der Waals surface area contributed by atoms with E-state index in [1.54, 1.807) is 18.2 Å². The van der Waals surface area contributed by atoms with Crippen LogP contribution in [0.25, 0.3) is 0 Å². The van der Waals surface area contributed by atoms with Crippen LogP contribution < -0.4 is 11.1 Å².